The number of aromatic hydroxyl groups is 1. The molecule has 5 rings (SSSR count). The number of amides is 1. The second-order valence-corrected chi connectivity index (χ2v) is 8.74. The van der Waals surface area contributed by atoms with E-state index in [2.05, 4.69) is 40.5 Å². The van der Waals surface area contributed by atoms with E-state index in [1.165, 1.54) is 9.58 Å². The van der Waals surface area contributed by atoms with Crippen molar-refractivity contribution in [3.8, 4) is 5.75 Å². The highest BCUT2D eigenvalue weighted by Crippen LogP contribution is 2.39. The van der Waals surface area contributed by atoms with Crippen molar-refractivity contribution >= 4 is 5.91 Å². The fourth-order valence-electron chi connectivity index (χ4n) is 4.77. The van der Waals surface area contributed by atoms with Crippen LogP contribution in [0.15, 0.2) is 78.0 Å². The zero-order valence-corrected chi connectivity index (χ0v) is 19.0. The summed E-state index contributed by atoms with van der Waals surface area (Å²) in [6.07, 6.45) is 5.69. The van der Waals surface area contributed by atoms with E-state index in [4.69, 9.17) is 0 Å². The van der Waals surface area contributed by atoms with E-state index in [0.29, 0.717) is 6.54 Å². The lowest BCUT2D eigenvalue weighted by molar-refractivity contribution is 0.0686. The molecule has 1 aliphatic heterocycles. The van der Waals surface area contributed by atoms with Gasteiger partial charge in [0, 0.05) is 39.2 Å². The predicted octanol–water partition coefficient (Wildman–Crippen LogP) is 2.73. The van der Waals surface area contributed by atoms with Crippen molar-refractivity contribution in [2.75, 3.05) is 13.6 Å². The van der Waals surface area contributed by atoms with Crippen molar-refractivity contribution in [3.63, 3.8) is 0 Å². The average molecular weight is 456 g/mol. The second-order valence-electron chi connectivity index (χ2n) is 8.74. The molecule has 8 heteroatoms. The molecule has 4 aromatic rings. The highest BCUT2D eigenvalue weighted by Gasteiger charge is 2.38. The molecule has 0 aliphatic carbocycles. The number of carbonyl (C=O) groups excluding carboxylic acids is 1. The summed E-state index contributed by atoms with van der Waals surface area (Å²) in [7, 11) is 3.58. The fourth-order valence-corrected chi connectivity index (χ4v) is 4.77. The van der Waals surface area contributed by atoms with E-state index in [1.54, 1.807) is 11.7 Å². The average Bonchev–Trinajstić information content (AvgIpc) is 3.24. The van der Waals surface area contributed by atoms with Gasteiger partial charge >= 0.3 is 0 Å². The van der Waals surface area contributed by atoms with Crippen LogP contribution in [0.4, 0.5) is 0 Å². The van der Waals surface area contributed by atoms with Crippen molar-refractivity contribution in [1.82, 2.24) is 24.5 Å². The normalized spacial score (nSPS) is 16.4. The molecule has 0 spiro atoms. The summed E-state index contributed by atoms with van der Waals surface area (Å²) in [5, 5.41) is 19.0. The molecular weight excluding hydrogens is 430 g/mol. The third-order valence-corrected chi connectivity index (χ3v) is 6.33. The number of benzene rings is 2. The highest BCUT2D eigenvalue weighted by molar-refractivity contribution is 5.95. The summed E-state index contributed by atoms with van der Waals surface area (Å²) < 4.78 is 3.31. The van der Waals surface area contributed by atoms with Gasteiger partial charge in [0.2, 0.25) is 5.43 Å². The molecule has 2 aromatic carbocycles. The summed E-state index contributed by atoms with van der Waals surface area (Å²) in [4.78, 5) is 26.5. The lowest BCUT2D eigenvalue weighted by atomic mass is 9.83. The molecule has 0 saturated heterocycles. The third-order valence-electron chi connectivity index (χ3n) is 6.33. The summed E-state index contributed by atoms with van der Waals surface area (Å²) in [6.45, 7) is 0.382. The van der Waals surface area contributed by atoms with E-state index in [0.717, 1.165) is 34.9 Å². The molecule has 0 fully saturated rings. The van der Waals surface area contributed by atoms with Crippen molar-refractivity contribution < 1.29 is 9.90 Å². The van der Waals surface area contributed by atoms with Crippen LogP contribution in [-0.2, 0) is 13.5 Å². The standard InChI is InChI=1S/C26H25N5O3/c1-29-16-21(31-24(26(29)34)25(33)22(32)14-28-31)23(19-8-4-3-5-9-19)20-10-6-7-17(12-20)11-18-13-27-30(2)15-18/h3-10,12-15,21,23,33H,11,16H2,1-2H3/t21-,23?/m0/s1. The van der Waals surface area contributed by atoms with Crippen molar-refractivity contribution in [2.24, 2.45) is 7.05 Å². The van der Waals surface area contributed by atoms with E-state index >= 15 is 0 Å². The first-order valence-corrected chi connectivity index (χ1v) is 11.1. The molecule has 3 heterocycles. The second kappa shape index (κ2) is 8.62. The van der Waals surface area contributed by atoms with Gasteiger partial charge in [0.25, 0.3) is 5.91 Å². The Labute approximate surface area is 196 Å². The van der Waals surface area contributed by atoms with Gasteiger partial charge in [0.1, 0.15) is 0 Å². The summed E-state index contributed by atoms with van der Waals surface area (Å²) in [5.74, 6) is -1.15. The number of rotatable bonds is 5. The first kappa shape index (κ1) is 21.6. The van der Waals surface area contributed by atoms with Crippen LogP contribution in [-0.4, -0.2) is 49.1 Å². The molecule has 1 amide bonds. The van der Waals surface area contributed by atoms with Gasteiger partial charge in [0.05, 0.1) is 18.4 Å². The number of hydrogen-bond acceptors (Lipinski definition) is 5. The predicted molar refractivity (Wildman–Crippen MR) is 127 cm³/mol. The Morgan fingerprint density at radius 2 is 1.74 bits per heavy atom. The Morgan fingerprint density at radius 3 is 2.47 bits per heavy atom. The fraction of sp³-hybridized carbons (Fsp3) is 0.231. The summed E-state index contributed by atoms with van der Waals surface area (Å²) in [6, 6.07) is 18.1. The van der Waals surface area contributed by atoms with Gasteiger partial charge in [-0.05, 0) is 22.3 Å². The Kier molecular flexibility index (Phi) is 5.49. The van der Waals surface area contributed by atoms with Crippen LogP contribution in [0.1, 0.15) is 44.7 Å². The van der Waals surface area contributed by atoms with Crippen LogP contribution < -0.4 is 5.43 Å². The van der Waals surface area contributed by atoms with Gasteiger partial charge in [0.15, 0.2) is 11.4 Å². The van der Waals surface area contributed by atoms with Crippen LogP contribution >= 0.6 is 0 Å². The Hall–Kier alpha value is -4.20. The van der Waals surface area contributed by atoms with E-state index in [-0.39, 0.29) is 17.7 Å². The van der Waals surface area contributed by atoms with E-state index in [9.17, 15) is 14.7 Å². The number of fused-ring (bicyclic) bond motifs is 1. The smallest absolute Gasteiger partial charge is 0.275 e. The molecule has 1 unspecified atom stereocenters. The Balaban J connectivity index is 1.64. The van der Waals surface area contributed by atoms with Crippen molar-refractivity contribution in [3.05, 3.63) is 111 Å². The molecule has 2 atom stereocenters. The van der Waals surface area contributed by atoms with Gasteiger partial charge in [-0.2, -0.15) is 10.2 Å². The van der Waals surface area contributed by atoms with Crippen molar-refractivity contribution in [1.29, 1.82) is 0 Å². The molecule has 34 heavy (non-hydrogen) atoms. The Bertz CT molecular complexity index is 1410. The maximum absolute atomic E-state index is 12.8. The van der Waals surface area contributed by atoms with Crippen LogP contribution in [0.2, 0.25) is 0 Å². The molecule has 0 saturated carbocycles. The van der Waals surface area contributed by atoms with Crippen LogP contribution in [0.5, 0.6) is 5.75 Å². The minimum Gasteiger partial charge on any atom is -0.502 e. The number of aromatic nitrogens is 4. The van der Waals surface area contributed by atoms with E-state index in [1.807, 2.05) is 43.7 Å². The number of carbonyl (C=O) groups is 1. The molecule has 172 valence electrons. The molecule has 1 N–H and O–H groups in total. The monoisotopic (exact) mass is 455 g/mol. The Morgan fingerprint density at radius 1 is 0.971 bits per heavy atom. The largest absolute Gasteiger partial charge is 0.502 e. The third kappa shape index (κ3) is 3.87. The van der Waals surface area contributed by atoms with Gasteiger partial charge < -0.3 is 10.0 Å². The summed E-state index contributed by atoms with van der Waals surface area (Å²) in [5.41, 5.74) is 3.64. The molecule has 0 radical (unpaired) electrons. The van der Waals surface area contributed by atoms with Crippen LogP contribution in [0.3, 0.4) is 0 Å². The quantitative estimate of drug-likeness (QED) is 0.500. The maximum Gasteiger partial charge on any atom is 0.275 e. The van der Waals surface area contributed by atoms with Crippen molar-refractivity contribution in [2.45, 2.75) is 18.4 Å². The van der Waals surface area contributed by atoms with Gasteiger partial charge in [-0.15, -0.1) is 0 Å². The minimum atomic E-state index is -0.664. The topological polar surface area (TPSA) is 93.2 Å². The maximum atomic E-state index is 12.8. The number of nitrogens with zero attached hydrogens (tertiary/aromatic N) is 5. The zero-order chi connectivity index (χ0) is 23.8. The van der Waals surface area contributed by atoms with Gasteiger partial charge in [-0.25, -0.2) is 0 Å². The van der Waals surface area contributed by atoms with Gasteiger partial charge in [-0.1, -0.05) is 54.6 Å². The van der Waals surface area contributed by atoms with Gasteiger partial charge in [-0.3, -0.25) is 19.0 Å². The SMILES string of the molecule is CN1C[C@@H](C(c2ccccc2)c2cccc(Cc3cnn(C)c3)c2)n2ncc(=O)c(O)c2C1=O. The first-order chi connectivity index (χ1) is 16.4. The first-order valence-electron chi connectivity index (χ1n) is 11.1. The molecule has 0 bridgehead atoms. The molecule has 8 nitrogen and oxygen atoms in total. The van der Waals surface area contributed by atoms with Crippen LogP contribution in [0.25, 0.3) is 0 Å². The minimum absolute atomic E-state index is 0.0707. The lowest BCUT2D eigenvalue weighted by Gasteiger charge is -2.37. The molecule has 2 aromatic heterocycles. The summed E-state index contributed by atoms with van der Waals surface area (Å²) >= 11 is 0. The highest BCUT2D eigenvalue weighted by atomic mass is 16.3. The molecular formula is C26H25N5O3. The number of likely N-dealkylation sites (N-methyl/N-ethyl adjacent to an activating group) is 1. The number of aryl methyl sites for hydroxylation is 1. The lowest BCUT2D eigenvalue weighted by Crippen LogP contribution is -2.45. The molecule has 1 aliphatic rings. The van der Waals surface area contributed by atoms with Crippen LogP contribution in [0, 0.1) is 0 Å². The number of hydrogen-bond donors (Lipinski definition) is 1. The van der Waals surface area contributed by atoms with E-state index < -0.39 is 17.1 Å². The zero-order valence-electron chi connectivity index (χ0n) is 19.0.